The number of carbonyl (C=O) groups is 2. The molecule has 100 valence electrons. The second-order valence-corrected chi connectivity index (χ2v) is 4.89. The van der Waals surface area contributed by atoms with Gasteiger partial charge in [0.1, 0.15) is 6.54 Å². The average Bonchev–Trinajstić information content (AvgIpc) is 2.92. The van der Waals surface area contributed by atoms with E-state index in [9.17, 15) is 9.59 Å². The van der Waals surface area contributed by atoms with Gasteiger partial charge in [-0.15, -0.1) is 0 Å². The molecule has 1 aromatic carbocycles. The van der Waals surface area contributed by atoms with Gasteiger partial charge < -0.3 is 14.5 Å². The van der Waals surface area contributed by atoms with Crippen molar-refractivity contribution in [1.82, 2.24) is 4.90 Å². The molecule has 1 fully saturated rings. The summed E-state index contributed by atoms with van der Waals surface area (Å²) in [7, 11) is 0. The molecule has 0 saturated carbocycles. The molecule has 0 radical (unpaired) electrons. The number of hydrogen-bond acceptors (Lipinski definition) is 4. The minimum atomic E-state index is -0.312. The zero-order valence-electron chi connectivity index (χ0n) is 10.7. The molecule has 2 aliphatic rings. The van der Waals surface area contributed by atoms with Crippen LogP contribution >= 0.6 is 0 Å². The van der Waals surface area contributed by atoms with E-state index in [1.165, 1.54) is 0 Å². The molecule has 0 bridgehead atoms. The molecule has 0 atom stereocenters. The van der Waals surface area contributed by atoms with E-state index < -0.39 is 0 Å². The summed E-state index contributed by atoms with van der Waals surface area (Å²) in [5.41, 5.74) is 0.814. The van der Waals surface area contributed by atoms with Crippen LogP contribution in [0, 0.1) is 0 Å². The van der Waals surface area contributed by atoms with Gasteiger partial charge in [0.15, 0.2) is 5.75 Å². The summed E-state index contributed by atoms with van der Waals surface area (Å²) in [5, 5.41) is 0. The van der Waals surface area contributed by atoms with E-state index in [-0.39, 0.29) is 25.0 Å². The highest BCUT2D eigenvalue weighted by atomic mass is 16.5. The molecule has 5 nitrogen and oxygen atoms in total. The molecule has 0 aromatic heterocycles. The molecular formula is C14H16N2O3. The Bertz CT molecular complexity index is 509. The molecule has 3 rings (SSSR count). The second-order valence-electron chi connectivity index (χ2n) is 4.89. The molecule has 1 amide bonds. The molecule has 0 aliphatic carbocycles. The number of rotatable bonds is 2. The second kappa shape index (κ2) is 4.91. The van der Waals surface area contributed by atoms with E-state index in [2.05, 4.69) is 0 Å². The van der Waals surface area contributed by atoms with E-state index in [1.807, 2.05) is 23.1 Å². The number of fused-ring (bicyclic) bond motifs is 1. The third kappa shape index (κ3) is 2.41. The zero-order valence-corrected chi connectivity index (χ0v) is 10.7. The first-order valence-corrected chi connectivity index (χ1v) is 6.56. The number of esters is 1. The Morgan fingerprint density at radius 2 is 1.95 bits per heavy atom. The van der Waals surface area contributed by atoms with Crippen LogP contribution in [0.5, 0.6) is 5.75 Å². The fourth-order valence-electron chi connectivity index (χ4n) is 2.57. The summed E-state index contributed by atoms with van der Waals surface area (Å²) in [5.74, 6) is 0.308. The van der Waals surface area contributed by atoms with Crippen LogP contribution in [0.25, 0.3) is 0 Å². The van der Waals surface area contributed by atoms with Crippen LogP contribution in [-0.2, 0) is 9.59 Å². The topological polar surface area (TPSA) is 49.9 Å². The Morgan fingerprint density at radius 3 is 2.74 bits per heavy atom. The number of benzene rings is 1. The van der Waals surface area contributed by atoms with E-state index in [0.29, 0.717) is 5.75 Å². The van der Waals surface area contributed by atoms with Crippen molar-refractivity contribution in [3.63, 3.8) is 0 Å². The predicted molar refractivity (Wildman–Crippen MR) is 70.1 cm³/mol. The molecule has 5 heteroatoms. The number of hydrogen-bond donors (Lipinski definition) is 0. The molecule has 1 aromatic rings. The van der Waals surface area contributed by atoms with Crippen LogP contribution in [0.1, 0.15) is 12.8 Å². The van der Waals surface area contributed by atoms with Crippen molar-refractivity contribution in [2.24, 2.45) is 0 Å². The normalized spacial score (nSPS) is 18.2. The summed E-state index contributed by atoms with van der Waals surface area (Å²) in [6, 6.07) is 7.32. The maximum absolute atomic E-state index is 12.2. The summed E-state index contributed by atoms with van der Waals surface area (Å²) in [6.45, 7) is 2.04. The summed E-state index contributed by atoms with van der Waals surface area (Å²) < 4.78 is 5.16. The van der Waals surface area contributed by atoms with Crippen molar-refractivity contribution in [2.75, 3.05) is 31.1 Å². The van der Waals surface area contributed by atoms with E-state index in [0.717, 1.165) is 31.6 Å². The first-order chi connectivity index (χ1) is 9.24. The van der Waals surface area contributed by atoms with Crippen molar-refractivity contribution in [1.29, 1.82) is 0 Å². The molecular weight excluding hydrogens is 244 g/mol. The van der Waals surface area contributed by atoms with Crippen molar-refractivity contribution in [3.8, 4) is 5.75 Å². The zero-order chi connectivity index (χ0) is 13.2. The van der Waals surface area contributed by atoms with Crippen LogP contribution in [0.2, 0.25) is 0 Å². The third-order valence-electron chi connectivity index (χ3n) is 3.53. The standard InChI is InChI=1S/C14H16N2O3/c17-13(15-7-3-4-8-15)9-16-10-14(18)19-12-6-2-1-5-11(12)16/h1-2,5-6H,3-4,7-10H2. The van der Waals surface area contributed by atoms with Gasteiger partial charge in [-0.05, 0) is 25.0 Å². The van der Waals surface area contributed by atoms with Gasteiger partial charge in [-0.25, -0.2) is 4.79 Å². The lowest BCUT2D eigenvalue weighted by Crippen LogP contribution is -2.44. The molecule has 0 spiro atoms. The van der Waals surface area contributed by atoms with Gasteiger partial charge in [-0.3, -0.25) is 4.79 Å². The molecule has 0 unspecified atom stereocenters. The predicted octanol–water partition coefficient (Wildman–Crippen LogP) is 1.03. The molecule has 19 heavy (non-hydrogen) atoms. The van der Waals surface area contributed by atoms with Gasteiger partial charge in [0.05, 0.1) is 12.2 Å². The number of para-hydroxylation sites is 2. The van der Waals surface area contributed by atoms with Crippen LogP contribution in [0.3, 0.4) is 0 Å². The Kier molecular flexibility index (Phi) is 3.11. The lowest BCUT2D eigenvalue weighted by Gasteiger charge is -2.30. The third-order valence-corrected chi connectivity index (χ3v) is 3.53. The van der Waals surface area contributed by atoms with E-state index in [1.54, 1.807) is 11.0 Å². The maximum atomic E-state index is 12.2. The van der Waals surface area contributed by atoms with Crippen LogP contribution in [0.4, 0.5) is 5.69 Å². The number of carbonyl (C=O) groups excluding carboxylic acids is 2. The maximum Gasteiger partial charge on any atom is 0.331 e. The number of anilines is 1. The fourth-order valence-corrected chi connectivity index (χ4v) is 2.57. The smallest absolute Gasteiger partial charge is 0.331 e. The number of amides is 1. The lowest BCUT2D eigenvalue weighted by molar-refractivity contribution is -0.133. The number of likely N-dealkylation sites (tertiary alicyclic amines) is 1. The molecule has 2 aliphatic heterocycles. The van der Waals surface area contributed by atoms with Crippen molar-refractivity contribution in [3.05, 3.63) is 24.3 Å². The monoisotopic (exact) mass is 260 g/mol. The first kappa shape index (κ1) is 12.0. The highest BCUT2D eigenvalue weighted by Gasteiger charge is 2.27. The van der Waals surface area contributed by atoms with E-state index in [4.69, 9.17) is 4.74 Å². The molecule has 1 saturated heterocycles. The number of ether oxygens (including phenoxy) is 1. The Labute approximate surface area is 111 Å². The highest BCUT2D eigenvalue weighted by Crippen LogP contribution is 2.31. The summed E-state index contributed by atoms with van der Waals surface area (Å²) in [4.78, 5) is 27.4. The SMILES string of the molecule is O=C1CN(CC(=O)N2CCCC2)c2ccccc2O1. The summed E-state index contributed by atoms with van der Waals surface area (Å²) >= 11 is 0. The first-order valence-electron chi connectivity index (χ1n) is 6.56. The molecule has 2 heterocycles. The van der Waals surface area contributed by atoms with Crippen LogP contribution in [-0.4, -0.2) is 43.0 Å². The van der Waals surface area contributed by atoms with Crippen molar-refractivity contribution < 1.29 is 14.3 Å². The fraction of sp³-hybridized carbons (Fsp3) is 0.429. The minimum Gasteiger partial charge on any atom is -0.423 e. The van der Waals surface area contributed by atoms with Crippen molar-refractivity contribution in [2.45, 2.75) is 12.8 Å². The Hall–Kier alpha value is -2.04. The van der Waals surface area contributed by atoms with Gasteiger partial charge >= 0.3 is 5.97 Å². The average molecular weight is 260 g/mol. The summed E-state index contributed by atoms with van der Waals surface area (Å²) in [6.07, 6.45) is 2.15. The Morgan fingerprint density at radius 1 is 1.21 bits per heavy atom. The number of nitrogens with zero attached hydrogens (tertiary/aromatic N) is 2. The quantitative estimate of drug-likeness (QED) is 0.589. The van der Waals surface area contributed by atoms with Crippen LogP contribution < -0.4 is 9.64 Å². The van der Waals surface area contributed by atoms with Crippen LogP contribution in [0.15, 0.2) is 24.3 Å². The largest absolute Gasteiger partial charge is 0.423 e. The van der Waals surface area contributed by atoms with Gasteiger partial charge in [0.25, 0.3) is 0 Å². The van der Waals surface area contributed by atoms with Gasteiger partial charge in [0.2, 0.25) is 5.91 Å². The highest BCUT2D eigenvalue weighted by molar-refractivity contribution is 5.89. The van der Waals surface area contributed by atoms with Gasteiger partial charge in [-0.2, -0.15) is 0 Å². The lowest BCUT2D eigenvalue weighted by atomic mass is 10.2. The Balaban J connectivity index is 1.77. The van der Waals surface area contributed by atoms with Gasteiger partial charge in [0, 0.05) is 13.1 Å². The van der Waals surface area contributed by atoms with Gasteiger partial charge in [-0.1, -0.05) is 12.1 Å². The van der Waals surface area contributed by atoms with Crippen molar-refractivity contribution >= 4 is 17.6 Å². The minimum absolute atomic E-state index is 0.0852. The molecule has 0 N–H and O–H groups in total. The van der Waals surface area contributed by atoms with E-state index >= 15 is 0 Å².